The van der Waals surface area contributed by atoms with Gasteiger partial charge in [0.15, 0.2) is 0 Å². The van der Waals surface area contributed by atoms with Gasteiger partial charge in [0.25, 0.3) is 0 Å². The predicted octanol–water partition coefficient (Wildman–Crippen LogP) is 0.722. The number of rotatable bonds is 0. The summed E-state index contributed by atoms with van der Waals surface area (Å²) in [5.41, 5.74) is 8.10. The fourth-order valence-corrected chi connectivity index (χ4v) is 0.756. The first kappa shape index (κ1) is 6.99. The summed E-state index contributed by atoms with van der Waals surface area (Å²) in [6.07, 6.45) is 1.66. The van der Waals surface area contributed by atoms with Crippen LogP contribution in [-0.4, -0.2) is 18.5 Å². The Morgan fingerprint density at radius 1 is 1.50 bits per heavy atom. The van der Waals surface area contributed by atoms with Gasteiger partial charge in [0, 0.05) is 11.9 Å². The average Bonchev–Trinajstić information content (AvgIpc) is 1.96. The smallest absolute Gasteiger partial charge is 0.0770 e. The molecule has 54 valence electrons. The molecule has 10 heavy (non-hydrogen) atoms. The maximum atomic E-state index is 5.56. The van der Waals surface area contributed by atoms with Gasteiger partial charge in [-0.15, -0.1) is 0 Å². The molecule has 0 bridgehead atoms. The highest BCUT2D eigenvalue weighted by atomic mass is 14.9. The molecule has 2 N–H and O–H groups in total. The average molecular weight is 137 g/mol. The Bertz CT molecular complexity index is 223. The van der Waals surface area contributed by atoms with E-state index in [1.54, 1.807) is 6.21 Å². The van der Waals surface area contributed by atoms with E-state index in [0.29, 0.717) is 12.2 Å². The summed E-state index contributed by atoms with van der Waals surface area (Å²) in [7, 11) is 0. The first-order valence-corrected chi connectivity index (χ1v) is 3.20. The molecule has 0 saturated heterocycles. The predicted molar refractivity (Wildman–Crippen MR) is 43.4 cm³/mol. The molecular weight excluding hydrogens is 126 g/mol. The van der Waals surface area contributed by atoms with E-state index in [9.17, 15) is 0 Å². The third-order valence-corrected chi connectivity index (χ3v) is 1.33. The molecule has 0 atom stereocenters. The van der Waals surface area contributed by atoms with Gasteiger partial charge in [-0.2, -0.15) is 0 Å². The van der Waals surface area contributed by atoms with Gasteiger partial charge in [-0.1, -0.05) is 0 Å². The maximum Gasteiger partial charge on any atom is 0.0770 e. The lowest BCUT2D eigenvalue weighted by atomic mass is 10.4. The van der Waals surface area contributed by atoms with E-state index in [1.165, 1.54) is 0 Å². The van der Waals surface area contributed by atoms with Crippen LogP contribution in [0.15, 0.2) is 21.4 Å². The van der Waals surface area contributed by atoms with Crippen LogP contribution in [-0.2, 0) is 0 Å². The lowest BCUT2D eigenvalue weighted by Crippen LogP contribution is -1.99. The molecular formula is C7H11N3. The molecule has 1 heterocycles. The molecule has 1 aliphatic heterocycles. The first-order valence-electron chi connectivity index (χ1n) is 3.20. The van der Waals surface area contributed by atoms with Crippen molar-refractivity contribution in [3.05, 3.63) is 11.4 Å². The molecule has 0 amide bonds. The summed E-state index contributed by atoms with van der Waals surface area (Å²) in [5.74, 6) is 0. The monoisotopic (exact) mass is 137 g/mol. The van der Waals surface area contributed by atoms with Crippen LogP contribution < -0.4 is 5.73 Å². The number of nitrogens with two attached hydrogens (primary N) is 1. The van der Waals surface area contributed by atoms with Crippen molar-refractivity contribution >= 4 is 11.9 Å². The Kier molecular flexibility index (Phi) is 1.85. The third-order valence-electron chi connectivity index (χ3n) is 1.33. The van der Waals surface area contributed by atoms with Crippen molar-refractivity contribution in [2.45, 2.75) is 13.8 Å². The van der Waals surface area contributed by atoms with Crippen molar-refractivity contribution in [1.82, 2.24) is 0 Å². The van der Waals surface area contributed by atoms with Gasteiger partial charge in [0.05, 0.1) is 17.9 Å². The highest BCUT2D eigenvalue weighted by Gasteiger charge is 1.98. The Morgan fingerprint density at radius 3 is 2.90 bits per heavy atom. The zero-order chi connectivity index (χ0) is 7.56. The highest BCUT2D eigenvalue weighted by molar-refractivity contribution is 5.90. The lowest BCUT2D eigenvalue weighted by molar-refractivity contribution is 1.22. The van der Waals surface area contributed by atoms with Crippen LogP contribution in [0.5, 0.6) is 0 Å². The molecule has 3 nitrogen and oxygen atoms in total. The summed E-state index contributed by atoms with van der Waals surface area (Å²) in [4.78, 5) is 8.25. The zero-order valence-electron chi connectivity index (χ0n) is 6.26. The standard InChI is InChI=1S/C7H11N3/c1-5-3-9-4-7(8)6(2)10-5/h4H,3,8H2,1-2H3. The minimum atomic E-state index is 0.664. The summed E-state index contributed by atoms with van der Waals surface area (Å²) < 4.78 is 0. The molecule has 0 spiro atoms. The van der Waals surface area contributed by atoms with E-state index < -0.39 is 0 Å². The first-order chi connectivity index (χ1) is 4.70. The molecule has 0 fully saturated rings. The fraction of sp³-hybridized carbons (Fsp3) is 0.429. The van der Waals surface area contributed by atoms with Crippen LogP contribution in [0, 0.1) is 0 Å². The van der Waals surface area contributed by atoms with Crippen molar-refractivity contribution in [1.29, 1.82) is 0 Å². The fourth-order valence-electron chi connectivity index (χ4n) is 0.756. The van der Waals surface area contributed by atoms with Crippen LogP contribution in [0.4, 0.5) is 0 Å². The normalized spacial score (nSPS) is 18.8. The molecule has 0 aliphatic carbocycles. The number of aliphatic imine (C=N–C) groups is 2. The second-order valence-corrected chi connectivity index (χ2v) is 2.36. The zero-order valence-corrected chi connectivity index (χ0v) is 6.26. The Morgan fingerprint density at radius 2 is 2.20 bits per heavy atom. The molecule has 0 aromatic rings. The summed E-state index contributed by atoms with van der Waals surface area (Å²) in [6, 6.07) is 0. The largest absolute Gasteiger partial charge is 0.396 e. The van der Waals surface area contributed by atoms with E-state index in [-0.39, 0.29) is 0 Å². The quantitative estimate of drug-likeness (QED) is 0.525. The van der Waals surface area contributed by atoms with Crippen molar-refractivity contribution in [3.63, 3.8) is 0 Å². The van der Waals surface area contributed by atoms with Gasteiger partial charge in [0.2, 0.25) is 0 Å². The van der Waals surface area contributed by atoms with Gasteiger partial charge < -0.3 is 5.73 Å². The number of allylic oxidation sites excluding steroid dienone is 2. The van der Waals surface area contributed by atoms with Gasteiger partial charge >= 0.3 is 0 Å². The SMILES string of the molecule is CC1=NC(C)=C(N)C=NC1. The highest BCUT2D eigenvalue weighted by Crippen LogP contribution is 2.01. The van der Waals surface area contributed by atoms with E-state index >= 15 is 0 Å². The molecule has 0 unspecified atom stereocenters. The van der Waals surface area contributed by atoms with Crippen LogP contribution in [0.3, 0.4) is 0 Å². The van der Waals surface area contributed by atoms with Crippen molar-refractivity contribution in [3.8, 4) is 0 Å². The van der Waals surface area contributed by atoms with Crippen LogP contribution in [0.1, 0.15) is 13.8 Å². The number of hydrogen-bond donors (Lipinski definition) is 1. The minimum Gasteiger partial charge on any atom is -0.396 e. The van der Waals surface area contributed by atoms with Crippen molar-refractivity contribution in [2.24, 2.45) is 15.7 Å². The molecule has 1 aliphatic rings. The van der Waals surface area contributed by atoms with E-state index in [2.05, 4.69) is 9.98 Å². The molecule has 0 radical (unpaired) electrons. The summed E-state index contributed by atoms with van der Waals surface area (Å²) >= 11 is 0. The van der Waals surface area contributed by atoms with E-state index in [1.807, 2.05) is 13.8 Å². The van der Waals surface area contributed by atoms with Crippen molar-refractivity contribution in [2.75, 3.05) is 6.54 Å². The maximum absolute atomic E-state index is 5.56. The molecule has 0 aromatic carbocycles. The third kappa shape index (κ3) is 1.43. The molecule has 0 saturated carbocycles. The van der Waals surface area contributed by atoms with Gasteiger partial charge in [-0.3, -0.25) is 9.98 Å². The topological polar surface area (TPSA) is 50.7 Å². The Balaban J connectivity index is 2.98. The summed E-state index contributed by atoms with van der Waals surface area (Å²) in [6.45, 7) is 4.49. The van der Waals surface area contributed by atoms with Crippen LogP contribution >= 0.6 is 0 Å². The van der Waals surface area contributed by atoms with Gasteiger partial charge in [-0.05, 0) is 13.8 Å². The lowest BCUT2D eigenvalue weighted by Gasteiger charge is -1.93. The number of nitrogens with zero attached hydrogens (tertiary/aromatic N) is 2. The second kappa shape index (κ2) is 2.64. The Hall–Kier alpha value is -1.12. The van der Waals surface area contributed by atoms with Crippen LogP contribution in [0.2, 0.25) is 0 Å². The van der Waals surface area contributed by atoms with E-state index in [0.717, 1.165) is 11.4 Å². The van der Waals surface area contributed by atoms with Crippen molar-refractivity contribution < 1.29 is 0 Å². The minimum absolute atomic E-state index is 0.664. The van der Waals surface area contributed by atoms with E-state index in [4.69, 9.17) is 5.73 Å². The van der Waals surface area contributed by atoms with Crippen LogP contribution in [0.25, 0.3) is 0 Å². The number of hydrogen-bond acceptors (Lipinski definition) is 3. The Labute approximate surface area is 60.4 Å². The summed E-state index contributed by atoms with van der Waals surface area (Å²) in [5, 5.41) is 0. The van der Waals surface area contributed by atoms with Gasteiger partial charge in [0.1, 0.15) is 0 Å². The molecule has 1 rings (SSSR count). The second-order valence-electron chi connectivity index (χ2n) is 2.36. The molecule has 3 heteroatoms. The molecule has 0 aromatic heterocycles. The van der Waals surface area contributed by atoms with Gasteiger partial charge in [-0.25, -0.2) is 0 Å².